The molecule has 1 amide bonds. The average Bonchev–Trinajstić information content (AvgIpc) is 3.06. The first-order valence-corrected chi connectivity index (χ1v) is 5.91. The lowest BCUT2D eigenvalue weighted by molar-refractivity contribution is -0.113. The topological polar surface area (TPSA) is 57.6 Å². The highest BCUT2D eigenvalue weighted by Crippen LogP contribution is 2.24. The quantitative estimate of drug-likeness (QED) is 0.647. The molecule has 0 unspecified atom stereocenters. The average molecular weight is 249 g/mol. The van der Waals surface area contributed by atoms with Gasteiger partial charge in [0.1, 0.15) is 0 Å². The Bertz CT molecular complexity index is 735. The molecule has 4 nitrogen and oxygen atoms in total. The van der Waals surface area contributed by atoms with Gasteiger partial charge in [0.15, 0.2) is 0 Å². The smallest absolute Gasteiger partial charge is 0.289 e. The fourth-order valence-corrected chi connectivity index (χ4v) is 2.02. The number of carbonyl (C=O) groups excluding carboxylic acids is 1. The number of nitrogens with one attached hydrogen (secondary N) is 1. The number of aromatic nitrogens is 1. The molecule has 4 rings (SSSR count). The zero-order valence-corrected chi connectivity index (χ0v) is 10.1. The van der Waals surface area contributed by atoms with Crippen LogP contribution in [-0.2, 0) is 4.79 Å². The molecule has 1 N–H and O–H groups in total. The lowest BCUT2D eigenvalue weighted by atomic mass is 10.2. The largest absolute Gasteiger partial charge is 0.355 e. The molecule has 3 aromatic rings. The van der Waals surface area contributed by atoms with Crippen LogP contribution in [0.2, 0.25) is 0 Å². The minimum absolute atomic E-state index is 0.269. The molecule has 0 aliphatic carbocycles. The van der Waals surface area contributed by atoms with Crippen LogP contribution in [0, 0.1) is 0 Å². The van der Waals surface area contributed by atoms with Crippen LogP contribution in [-0.4, -0.2) is 10.9 Å². The van der Waals surface area contributed by atoms with Gasteiger partial charge in [0.25, 0.3) is 5.91 Å². The maximum absolute atomic E-state index is 9.90. The standard InChI is InChI=1S/C12H9N.C3H2N2O/c1-3-7-11-9(5-1)10-6-2-4-8-12(10)13-11;6-3-1-2-4-5-3/h1-8,13H;1-2H. The van der Waals surface area contributed by atoms with Crippen LogP contribution in [0.1, 0.15) is 0 Å². The van der Waals surface area contributed by atoms with E-state index in [1.54, 1.807) is 0 Å². The summed E-state index contributed by atoms with van der Waals surface area (Å²) in [6.07, 6.45) is 2.67. The van der Waals surface area contributed by atoms with Gasteiger partial charge in [0.05, 0.1) is 6.20 Å². The first-order valence-electron chi connectivity index (χ1n) is 5.91. The Kier molecular flexibility index (Phi) is 2.90. The fourth-order valence-electron chi connectivity index (χ4n) is 2.02. The van der Waals surface area contributed by atoms with Gasteiger partial charge in [-0.25, -0.2) is 0 Å². The third-order valence-corrected chi connectivity index (χ3v) is 2.85. The van der Waals surface area contributed by atoms with Crippen molar-refractivity contribution < 1.29 is 4.79 Å². The highest BCUT2D eigenvalue weighted by Gasteiger charge is 2.00. The number of para-hydroxylation sites is 2. The van der Waals surface area contributed by atoms with E-state index < -0.39 is 0 Å². The number of H-pyrrole nitrogens is 1. The Morgan fingerprint density at radius 1 is 0.842 bits per heavy atom. The van der Waals surface area contributed by atoms with E-state index in [1.807, 2.05) is 0 Å². The number of carbonyl (C=O) groups is 1. The minimum Gasteiger partial charge on any atom is -0.355 e. The molecule has 4 heteroatoms. The Hall–Kier alpha value is -2.75. The zero-order valence-electron chi connectivity index (χ0n) is 10.1. The van der Waals surface area contributed by atoms with E-state index in [1.165, 1.54) is 34.1 Å². The summed E-state index contributed by atoms with van der Waals surface area (Å²) >= 11 is 0. The van der Waals surface area contributed by atoms with Gasteiger partial charge in [-0.05, 0) is 12.1 Å². The summed E-state index contributed by atoms with van der Waals surface area (Å²) in [6, 6.07) is 16.8. The monoisotopic (exact) mass is 249 g/mol. The molecule has 0 spiro atoms. The van der Waals surface area contributed by atoms with Gasteiger partial charge in [-0.3, -0.25) is 4.79 Å². The molecule has 1 aliphatic heterocycles. The van der Waals surface area contributed by atoms with E-state index in [4.69, 9.17) is 0 Å². The Morgan fingerprint density at radius 3 is 1.84 bits per heavy atom. The van der Waals surface area contributed by atoms with Gasteiger partial charge in [0, 0.05) is 27.9 Å². The number of hydrogen-bond donors (Lipinski definition) is 1. The Morgan fingerprint density at radius 2 is 1.42 bits per heavy atom. The second kappa shape index (κ2) is 4.86. The second-order valence-electron chi connectivity index (χ2n) is 4.09. The number of fused-ring (bicyclic) bond motifs is 3. The van der Waals surface area contributed by atoms with Crippen molar-refractivity contribution in [1.29, 1.82) is 0 Å². The SMILES string of the molecule is O=C1C=CN=N1.c1ccc2c(c1)[nH]c1ccccc12. The normalized spacial score (nSPS) is 12.9. The van der Waals surface area contributed by atoms with E-state index in [2.05, 4.69) is 63.7 Å². The van der Waals surface area contributed by atoms with Crippen molar-refractivity contribution in [2.75, 3.05) is 0 Å². The third kappa shape index (κ3) is 2.28. The van der Waals surface area contributed by atoms with E-state index in [9.17, 15) is 4.79 Å². The van der Waals surface area contributed by atoms with Crippen LogP contribution in [0.5, 0.6) is 0 Å². The van der Waals surface area contributed by atoms with Crippen molar-refractivity contribution in [3.8, 4) is 0 Å². The van der Waals surface area contributed by atoms with Gasteiger partial charge < -0.3 is 4.98 Å². The van der Waals surface area contributed by atoms with Crippen LogP contribution < -0.4 is 0 Å². The fraction of sp³-hybridized carbons (Fsp3) is 0. The summed E-state index contributed by atoms with van der Waals surface area (Å²) in [7, 11) is 0. The summed E-state index contributed by atoms with van der Waals surface area (Å²) in [4.78, 5) is 13.3. The predicted octanol–water partition coefficient (Wildman–Crippen LogP) is 3.81. The molecule has 0 fully saturated rings. The van der Waals surface area contributed by atoms with Gasteiger partial charge in [0.2, 0.25) is 0 Å². The van der Waals surface area contributed by atoms with Gasteiger partial charge >= 0.3 is 0 Å². The zero-order chi connectivity index (χ0) is 13.1. The van der Waals surface area contributed by atoms with E-state index in [0.717, 1.165) is 0 Å². The summed E-state index contributed by atoms with van der Waals surface area (Å²) in [5, 5.41) is 8.98. The van der Waals surface area contributed by atoms with Gasteiger partial charge in [-0.15, -0.1) is 5.11 Å². The van der Waals surface area contributed by atoms with Crippen LogP contribution in [0.3, 0.4) is 0 Å². The molecule has 2 aromatic carbocycles. The third-order valence-electron chi connectivity index (χ3n) is 2.85. The minimum atomic E-state index is -0.269. The molecule has 1 aliphatic rings. The van der Waals surface area contributed by atoms with Gasteiger partial charge in [-0.2, -0.15) is 5.11 Å². The number of hydrogen-bond acceptors (Lipinski definition) is 2. The Labute approximate surface area is 109 Å². The maximum Gasteiger partial charge on any atom is 0.289 e. The summed E-state index contributed by atoms with van der Waals surface area (Å²) < 4.78 is 0. The molecule has 0 radical (unpaired) electrons. The highest BCUT2D eigenvalue weighted by molar-refractivity contribution is 6.06. The summed E-state index contributed by atoms with van der Waals surface area (Å²) in [5.74, 6) is -0.269. The van der Waals surface area contributed by atoms with E-state index in [0.29, 0.717) is 0 Å². The number of amides is 1. The molecule has 0 saturated carbocycles. The van der Waals surface area contributed by atoms with Crippen LogP contribution in [0.15, 0.2) is 71.0 Å². The first kappa shape index (κ1) is 11.3. The molecule has 0 atom stereocenters. The van der Waals surface area contributed by atoms with Crippen molar-refractivity contribution in [1.82, 2.24) is 4.98 Å². The number of azo groups is 1. The molecule has 1 aromatic heterocycles. The van der Waals surface area contributed by atoms with E-state index in [-0.39, 0.29) is 5.91 Å². The van der Waals surface area contributed by atoms with Crippen molar-refractivity contribution in [3.05, 3.63) is 60.8 Å². The summed E-state index contributed by atoms with van der Waals surface area (Å²) in [5.41, 5.74) is 2.42. The predicted molar refractivity (Wildman–Crippen MR) is 74.8 cm³/mol. The Balaban J connectivity index is 0.000000155. The van der Waals surface area contributed by atoms with Crippen molar-refractivity contribution in [2.24, 2.45) is 10.2 Å². The number of aromatic amines is 1. The van der Waals surface area contributed by atoms with Crippen LogP contribution >= 0.6 is 0 Å². The van der Waals surface area contributed by atoms with Crippen molar-refractivity contribution in [3.63, 3.8) is 0 Å². The van der Waals surface area contributed by atoms with Crippen molar-refractivity contribution >= 4 is 27.7 Å². The molecular weight excluding hydrogens is 238 g/mol. The van der Waals surface area contributed by atoms with E-state index >= 15 is 0 Å². The van der Waals surface area contributed by atoms with Crippen LogP contribution in [0.4, 0.5) is 0 Å². The van der Waals surface area contributed by atoms with Gasteiger partial charge in [-0.1, -0.05) is 36.4 Å². The lowest BCUT2D eigenvalue weighted by Gasteiger charge is -1.87. The molecule has 0 saturated heterocycles. The number of nitrogens with zero attached hydrogens (tertiary/aromatic N) is 2. The van der Waals surface area contributed by atoms with Crippen LogP contribution in [0.25, 0.3) is 21.8 Å². The molecule has 2 heterocycles. The second-order valence-corrected chi connectivity index (χ2v) is 4.09. The van der Waals surface area contributed by atoms with Crippen molar-refractivity contribution in [2.45, 2.75) is 0 Å². The molecule has 19 heavy (non-hydrogen) atoms. The molecule has 92 valence electrons. The maximum atomic E-state index is 9.90. The molecule has 0 bridgehead atoms. The highest BCUT2D eigenvalue weighted by atomic mass is 16.1. The summed E-state index contributed by atoms with van der Waals surface area (Å²) in [6.45, 7) is 0. The number of benzene rings is 2. The number of rotatable bonds is 0. The first-order chi connectivity index (χ1) is 9.34. The lowest BCUT2D eigenvalue weighted by Crippen LogP contribution is -1.74. The molecular formula is C15H11N3O.